The van der Waals surface area contributed by atoms with E-state index in [0.717, 1.165) is 22.4 Å². The lowest BCUT2D eigenvalue weighted by molar-refractivity contribution is -0.118. The van der Waals surface area contributed by atoms with Crippen LogP contribution in [0.25, 0.3) is 0 Å². The van der Waals surface area contributed by atoms with Crippen molar-refractivity contribution in [1.29, 1.82) is 0 Å². The normalized spacial score (nSPS) is 13.8. The molecule has 158 valence electrons. The quantitative estimate of drug-likeness (QED) is 0.685. The summed E-state index contributed by atoms with van der Waals surface area (Å²) in [4.78, 5) is 25.5. The largest absolute Gasteiger partial charge is 0.306 e. The number of nitrogens with zero attached hydrogens (tertiary/aromatic N) is 4. The molecule has 0 aliphatic carbocycles. The summed E-state index contributed by atoms with van der Waals surface area (Å²) < 4.78 is 1.76. The van der Waals surface area contributed by atoms with Gasteiger partial charge in [0.05, 0.1) is 17.9 Å². The van der Waals surface area contributed by atoms with Gasteiger partial charge in [0, 0.05) is 18.9 Å². The van der Waals surface area contributed by atoms with Gasteiger partial charge in [-0.25, -0.2) is 9.69 Å². The second-order valence-electron chi connectivity index (χ2n) is 7.81. The highest BCUT2D eigenvalue weighted by Gasteiger charge is 2.27. The van der Waals surface area contributed by atoms with Gasteiger partial charge in [-0.05, 0) is 43.5 Å². The number of carbonyl (C=O) groups excluding carboxylic acids is 2. The topological polar surface area (TPSA) is 79.6 Å². The van der Waals surface area contributed by atoms with Gasteiger partial charge < -0.3 is 5.32 Å². The van der Waals surface area contributed by atoms with Crippen molar-refractivity contribution in [2.45, 2.75) is 40.2 Å². The number of rotatable bonds is 5. The van der Waals surface area contributed by atoms with Gasteiger partial charge in [-0.1, -0.05) is 42.5 Å². The van der Waals surface area contributed by atoms with Crippen LogP contribution in [0.2, 0.25) is 0 Å². The number of aryl methyl sites for hydroxylation is 3. The molecule has 0 radical (unpaired) electrons. The molecule has 2 aromatic carbocycles. The SMILES string of the molecule is Cc1ccc(C)c(N2N=C(C(=O)Nc3cc(C)nn3Cc3ccccc3)CCC2=O)c1. The van der Waals surface area contributed by atoms with Gasteiger partial charge in [0.25, 0.3) is 5.91 Å². The highest BCUT2D eigenvalue weighted by atomic mass is 16.2. The van der Waals surface area contributed by atoms with Crippen molar-refractivity contribution in [2.75, 3.05) is 10.3 Å². The molecule has 1 aromatic heterocycles. The van der Waals surface area contributed by atoms with Crippen LogP contribution in [0.1, 0.15) is 35.2 Å². The zero-order chi connectivity index (χ0) is 22.0. The van der Waals surface area contributed by atoms with Gasteiger partial charge in [0.15, 0.2) is 0 Å². The molecule has 0 saturated heterocycles. The third kappa shape index (κ3) is 4.55. The van der Waals surface area contributed by atoms with Gasteiger partial charge in [-0.2, -0.15) is 10.2 Å². The van der Waals surface area contributed by atoms with E-state index in [-0.39, 0.29) is 18.2 Å². The number of anilines is 2. The van der Waals surface area contributed by atoms with Crippen molar-refractivity contribution >= 4 is 29.0 Å². The fourth-order valence-electron chi connectivity index (χ4n) is 3.56. The molecule has 0 unspecified atom stereocenters. The first kappa shape index (κ1) is 20.5. The Morgan fingerprint density at radius 1 is 1.03 bits per heavy atom. The predicted octanol–water partition coefficient (Wildman–Crippen LogP) is 3.98. The van der Waals surface area contributed by atoms with Crippen molar-refractivity contribution in [3.05, 3.63) is 77.0 Å². The molecule has 7 heteroatoms. The van der Waals surface area contributed by atoms with Crippen molar-refractivity contribution in [3.63, 3.8) is 0 Å². The second-order valence-corrected chi connectivity index (χ2v) is 7.81. The maximum Gasteiger partial charge on any atom is 0.273 e. The molecule has 0 saturated carbocycles. The van der Waals surface area contributed by atoms with E-state index in [2.05, 4.69) is 15.5 Å². The summed E-state index contributed by atoms with van der Waals surface area (Å²) in [6.07, 6.45) is 0.541. The maximum absolute atomic E-state index is 13.0. The van der Waals surface area contributed by atoms with Crippen LogP contribution in [-0.2, 0) is 16.1 Å². The van der Waals surface area contributed by atoms with E-state index in [9.17, 15) is 9.59 Å². The standard InChI is InChI=1S/C24H25N5O2/c1-16-9-10-17(2)21(13-16)29-23(30)12-11-20(27-29)24(31)25-22-14-18(3)26-28(22)15-19-7-5-4-6-8-19/h4-10,13-14H,11-12,15H2,1-3H3,(H,25,31). The maximum atomic E-state index is 13.0. The van der Waals surface area contributed by atoms with Crippen LogP contribution in [0.5, 0.6) is 0 Å². The molecule has 1 N–H and O–H groups in total. The minimum atomic E-state index is -0.322. The first-order chi connectivity index (χ1) is 14.9. The fraction of sp³-hybridized carbons (Fsp3) is 0.250. The van der Waals surface area contributed by atoms with E-state index in [4.69, 9.17) is 0 Å². The first-order valence-electron chi connectivity index (χ1n) is 10.3. The smallest absolute Gasteiger partial charge is 0.273 e. The lowest BCUT2D eigenvalue weighted by Gasteiger charge is -2.24. The molecule has 31 heavy (non-hydrogen) atoms. The van der Waals surface area contributed by atoms with E-state index in [1.165, 1.54) is 5.01 Å². The van der Waals surface area contributed by atoms with Crippen molar-refractivity contribution in [3.8, 4) is 0 Å². The summed E-state index contributed by atoms with van der Waals surface area (Å²) in [5.41, 5.74) is 4.89. The molecule has 1 aliphatic rings. The highest BCUT2D eigenvalue weighted by Crippen LogP contribution is 2.25. The van der Waals surface area contributed by atoms with Crippen LogP contribution >= 0.6 is 0 Å². The molecule has 4 rings (SSSR count). The highest BCUT2D eigenvalue weighted by molar-refractivity contribution is 6.44. The molecule has 0 bridgehead atoms. The first-order valence-corrected chi connectivity index (χ1v) is 10.3. The summed E-state index contributed by atoms with van der Waals surface area (Å²) in [6, 6.07) is 17.6. The summed E-state index contributed by atoms with van der Waals surface area (Å²) >= 11 is 0. The number of hydrogen-bond donors (Lipinski definition) is 1. The minimum absolute atomic E-state index is 0.116. The van der Waals surface area contributed by atoms with Crippen LogP contribution in [0.15, 0.2) is 59.7 Å². The van der Waals surface area contributed by atoms with Gasteiger partial charge in [0.1, 0.15) is 11.5 Å². The van der Waals surface area contributed by atoms with Crippen LogP contribution in [0, 0.1) is 20.8 Å². The van der Waals surface area contributed by atoms with E-state index >= 15 is 0 Å². The summed E-state index contributed by atoms with van der Waals surface area (Å²) in [6.45, 7) is 6.32. The second kappa shape index (κ2) is 8.55. The number of amides is 2. The zero-order valence-electron chi connectivity index (χ0n) is 17.9. The molecule has 2 amide bonds. The van der Waals surface area contributed by atoms with Crippen molar-refractivity contribution in [2.24, 2.45) is 5.10 Å². The number of hydrogen-bond acceptors (Lipinski definition) is 4. The molecular weight excluding hydrogens is 390 g/mol. The van der Waals surface area contributed by atoms with Gasteiger partial charge in [0.2, 0.25) is 5.91 Å². The summed E-state index contributed by atoms with van der Waals surface area (Å²) in [5.74, 6) is 0.163. The molecule has 1 aliphatic heterocycles. The molecule has 0 spiro atoms. The molecule has 7 nitrogen and oxygen atoms in total. The van der Waals surface area contributed by atoms with Gasteiger partial charge in [-0.15, -0.1) is 0 Å². The van der Waals surface area contributed by atoms with Gasteiger partial charge in [-0.3, -0.25) is 9.59 Å². The monoisotopic (exact) mass is 415 g/mol. The Labute approximate surface area is 181 Å². The fourth-order valence-corrected chi connectivity index (χ4v) is 3.56. The van der Waals surface area contributed by atoms with Crippen molar-refractivity contribution < 1.29 is 9.59 Å². The minimum Gasteiger partial charge on any atom is -0.306 e. The summed E-state index contributed by atoms with van der Waals surface area (Å²) in [7, 11) is 0. The number of benzene rings is 2. The van der Waals surface area contributed by atoms with Crippen LogP contribution < -0.4 is 10.3 Å². The van der Waals surface area contributed by atoms with Crippen LogP contribution in [-0.4, -0.2) is 27.3 Å². The molecule has 2 heterocycles. The molecule has 0 atom stereocenters. The number of hydrazone groups is 1. The third-order valence-corrected chi connectivity index (χ3v) is 5.21. The average molecular weight is 415 g/mol. The van der Waals surface area contributed by atoms with Crippen LogP contribution in [0.3, 0.4) is 0 Å². The summed E-state index contributed by atoms with van der Waals surface area (Å²) in [5, 5.41) is 13.2. The number of carbonyl (C=O) groups is 2. The number of nitrogens with one attached hydrogen (secondary N) is 1. The zero-order valence-corrected chi connectivity index (χ0v) is 17.9. The molecule has 3 aromatic rings. The van der Waals surface area contributed by atoms with Crippen molar-refractivity contribution in [1.82, 2.24) is 9.78 Å². The Morgan fingerprint density at radius 2 is 1.81 bits per heavy atom. The molecular formula is C24H25N5O2. The molecule has 0 fully saturated rings. The predicted molar refractivity (Wildman–Crippen MR) is 121 cm³/mol. The van der Waals surface area contributed by atoms with E-state index in [1.54, 1.807) is 4.68 Å². The Bertz CT molecular complexity index is 1160. The Balaban J connectivity index is 1.57. The Kier molecular flexibility index (Phi) is 5.66. The number of aromatic nitrogens is 2. The van der Waals surface area contributed by atoms with E-state index < -0.39 is 0 Å². The van der Waals surface area contributed by atoms with E-state index in [1.807, 2.05) is 75.4 Å². The average Bonchev–Trinajstić information content (AvgIpc) is 3.09. The van der Waals surface area contributed by atoms with Crippen LogP contribution in [0.4, 0.5) is 11.5 Å². The van der Waals surface area contributed by atoms with E-state index in [0.29, 0.717) is 30.2 Å². The van der Waals surface area contributed by atoms with Gasteiger partial charge >= 0.3 is 0 Å². The lowest BCUT2D eigenvalue weighted by atomic mass is 10.1. The third-order valence-electron chi connectivity index (χ3n) is 5.21. The Hall–Kier alpha value is -3.74. The Morgan fingerprint density at radius 3 is 2.58 bits per heavy atom. The lowest BCUT2D eigenvalue weighted by Crippen LogP contribution is -2.37.